The van der Waals surface area contributed by atoms with Gasteiger partial charge in [0.1, 0.15) is 5.82 Å². The Morgan fingerprint density at radius 3 is 2.44 bits per heavy atom. The van der Waals surface area contributed by atoms with Crippen molar-refractivity contribution in [1.29, 1.82) is 0 Å². The van der Waals surface area contributed by atoms with Crippen LogP contribution in [-0.2, 0) is 0 Å². The first-order valence-corrected chi connectivity index (χ1v) is 4.71. The van der Waals surface area contributed by atoms with Gasteiger partial charge in [0.05, 0.1) is 5.56 Å². The summed E-state index contributed by atoms with van der Waals surface area (Å²) in [5.41, 5.74) is 6.09. The first-order chi connectivity index (χ1) is 6.93. The minimum Gasteiger partial charge on any atom is -0.478 e. The molecule has 0 bridgehead atoms. The molecule has 0 fully saturated rings. The highest BCUT2D eigenvalue weighted by molar-refractivity contribution is 5.87. The van der Waals surface area contributed by atoms with Crippen molar-refractivity contribution in [3.63, 3.8) is 0 Å². The van der Waals surface area contributed by atoms with Gasteiger partial charge in [-0.05, 0) is 24.1 Å². The predicted molar refractivity (Wildman–Crippen MR) is 62.4 cm³/mol. The van der Waals surface area contributed by atoms with Crippen molar-refractivity contribution >= 4 is 18.4 Å². The predicted octanol–water partition coefficient (Wildman–Crippen LogP) is 2.60. The second-order valence-corrected chi connectivity index (χ2v) is 3.81. The second kappa shape index (κ2) is 5.82. The van der Waals surface area contributed by atoms with Gasteiger partial charge in [-0.25, -0.2) is 9.18 Å². The molecule has 3 N–H and O–H groups in total. The number of rotatable bonds is 3. The fourth-order valence-corrected chi connectivity index (χ4v) is 1.29. The van der Waals surface area contributed by atoms with E-state index >= 15 is 0 Å². The zero-order valence-electron chi connectivity index (χ0n) is 9.11. The lowest BCUT2D eigenvalue weighted by atomic mass is 9.95. The quantitative estimate of drug-likeness (QED) is 0.863. The first-order valence-electron chi connectivity index (χ1n) is 4.71. The van der Waals surface area contributed by atoms with Crippen molar-refractivity contribution in [3.05, 3.63) is 35.1 Å². The number of aromatic carboxylic acids is 1. The molecule has 1 rings (SSSR count). The van der Waals surface area contributed by atoms with Crippen LogP contribution in [0.25, 0.3) is 0 Å². The molecule has 1 atom stereocenters. The summed E-state index contributed by atoms with van der Waals surface area (Å²) in [5, 5.41) is 8.76. The smallest absolute Gasteiger partial charge is 0.335 e. The van der Waals surface area contributed by atoms with Gasteiger partial charge in [-0.15, -0.1) is 12.4 Å². The zero-order valence-corrected chi connectivity index (χ0v) is 9.92. The normalized spacial score (nSPS) is 12.1. The maximum absolute atomic E-state index is 13.4. The number of hydrogen-bond donors (Lipinski definition) is 2. The standard InChI is InChI=1S/C11H14FNO2.ClH/c1-6(2)10(13)8-5-7(11(14)15)3-4-9(8)12;/h3-6,10H,13H2,1-2H3,(H,14,15);1H. The summed E-state index contributed by atoms with van der Waals surface area (Å²) in [6.45, 7) is 3.72. The van der Waals surface area contributed by atoms with Gasteiger partial charge < -0.3 is 10.8 Å². The Labute approximate surface area is 99.9 Å². The lowest BCUT2D eigenvalue weighted by Gasteiger charge is -2.17. The molecule has 0 aliphatic rings. The van der Waals surface area contributed by atoms with E-state index in [2.05, 4.69) is 0 Å². The van der Waals surface area contributed by atoms with Crippen LogP contribution in [0.3, 0.4) is 0 Å². The molecule has 0 aliphatic heterocycles. The average Bonchev–Trinajstić information content (AvgIpc) is 2.16. The molecule has 1 unspecified atom stereocenters. The van der Waals surface area contributed by atoms with Crippen LogP contribution in [0.1, 0.15) is 35.8 Å². The number of carbonyl (C=O) groups is 1. The Balaban J connectivity index is 0.00000225. The van der Waals surface area contributed by atoms with Crippen LogP contribution in [0.2, 0.25) is 0 Å². The third-order valence-electron chi connectivity index (χ3n) is 2.32. The van der Waals surface area contributed by atoms with Crippen LogP contribution in [0, 0.1) is 11.7 Å². The number of carboxylic acid groups (broad SMARTS) is 1. The highest BCUT2D eigenvalue weighted by Gasteiger charge is 2.16. The van der Waals surface area contributed by atoms with E-state index in [1.165, 1.54) is 12.1 Å². The van der Waals surface area contributed by atoms with Gasteiger partial charge in [-0.1, -0.05) is 13.8 Å². The fourth-order valence-electron chi connectivity index (χ4n) is 1.29. The third-order valence-corrected chi connectivity index (χ3v) is 2.32. The Kier molecular flexibility index (Phi) is 5.41. The van der Waals surface area contributed by atoms with Crippen molar-refractivity contribution in [3.8, 4) is 0 Å². The molecule has 90 valence electrons. The Bertz CT molecular complexity index is 382. The molecule has 1 aromatic carbocycles. The number of nitrogens with two attached hydrogens (primary N) is 1. The third kappa shape index (κ3) is 3.18. The van der Waals surface area contributed by atoms with Crippen molar-refractivity contribution < 1.29 is 14.3 Å². The number of carboxylic acids is 1. The van der Waals surface area contributed by atoms with Crippen molar-refractivity contribution in [1.82, 2.24) is 0 Å². The van der Waals surface area contributed by atoms with E-state index in [1.807, 2.05) is 13.8 Å². The molecular formula is C11H15ClFNO2. The van der Waals surface area contributed by atoms with Crippen LogP contribution < -0.4 is 5.73 Å². The maximum atomic E-state index is 13.4. The molecule has 1 aromatic rings. The van der Waals surface area contributed by atoms with Crippen LogP contribution >= 0.6 is 12.4 Å². The van der Waals surface area contributed by atoms with Gasteiger partial charge >= 0.3 is 5.97 Å². The van der Waals surface area contributed by atoms with Crippen LogP contribution in [-0.4, -0.2) is 11.1 Å². The maximum Gasteiger partial charge on any atom is 0.335 e. The summed E-state index contributed by atoms with van der Waals surface area (Å²) in [6.07, 6.45) is 0. The molecule has 0 spiro atoms. The summed E-state index contributed by atoms with van der Waals surface area (Å²) in [5.74, 6) is -1.48. The van der Waals surface area contributed by atoms with Crippen molar-refractivity contribution in [2.24, 2.45) is 11.7 Å². The Morgan fingerprint density at radius 1 is 1.44 bits per heavy atom. The molecule has 0 saturated carbocycles. The number of hydrogen-bond acceptors (Lipinski definition) is 2. The summed E-state index contributed by atoms with van der Waals surface area (Å²) in [4.78, 5) is 10.7. The van der Waals surface area contributed by atoms with Crippen molar-refractivity contribution in [2.75, 3.05) is 0 Å². The number of halogens is 2. The molecule has 0 heterocycles. The summed E-state index contributed by atoms with van der Waals surface area (Å²) < 4.78 is 13.4. The molecule has 0 amide bonds. The minimum absolute atomic E-state index is 0. The van der Waals surface area contributed by atoms with E-state index in [9.17, 15) is 9.18 Å². The van der Waals surface area contributed by atoms with E-state index in [4.69, 9.17) is 10.8 Å². The van der Waals surface area contributed by atoms with Crippen LogP contribution in [0.15, 0.2) is 18.2 Å². The first kappa shape index (κ1) is 14.9. The van der Waals surface area contributed by atoms with Gasteiger partial charge in [-0.3, -0.25) is 0 Å². The molecule has 0 saturated heterocycles. The molecule has 5 heteroatoms. The highest BCUT2D eigenvalue weighted by atomic mass is 35.5. The largest absolute Gasteiger partial charge is 0.478 e. The highest BCUT2D eigenvalue weighted by Crippen LogP contribution is 2.22. The summed E-state index contributed by atoms with van der Waals surface area (Å²) in [6, 6.07) is 3.18. The molecule has 16 heavy (non-hydrogen) atoms. The van der Waals surface area contributed by atoms with Gasteiger partial charge in [0.15, 0.2) is 0 Å². The minimum atomic E-state index is -1.08. The lowest BCUT2D eigenvalue weighted by molar-refractivity contribution is 0.0696. The molecular weight excluding hydrogens is 233 g/mol. The summed E-state index contributed by atoms with van der Waals surface area (Å²) in [7, 11) is 0. The topological polar surface area (TPSA) is 63.3 Å². The Morgan fingerprint density at radius 2 is 2.00 bits per heavy atom. The molecule has 0 radical (unpaired) electrons. The Hall–Kier alpha value is -1.13. The number of benzene rings is 1. The molecule has 0 aromatic heterocycles. The lowest BCUT2D eigenvalue weighted by Crippen LogP contribution is -2.18. The zero-order chi connectivity index (χ0) is 11.6. The monoisotopic (exact) mass is 247 g/mol. The van der Waals surface area contributed by atoms with E-state index < -0.39 is 17.8 Å². The second-order valence-electron chi connectivity index (χ2n) is 3.81. The van der Waals surface area contributed by atoms with Gasteiger partial charge in [0.2, 0.25) is 0 Å². The molecule has 3 nitrogen and oxygen atoms in total. The summed E-state index contributed by atoms with van der Waals surface area (Å²) >= 11 is 0. The van der Waals surface area contributed by atoms with Gasteiger partial charge in [0.25, 0.3) is 0 Å². The van der Waals surface area contributed by atoms with Crippen LogP contribution in [0.4, 0.5) is 4.39 Å². The van der Waals surface area contributed by atoms with Crippen LogP contribution in [0.5, 0.6) is 0 Å². The van der Waals surface area contributed by atoms with E-state index in [0.717, 1.165) is 6.07 Å². The van der Waals surface area contributed by atoms with Crippen molar-refractivity contribution in [2.45, 2.75) is 19.9 Å². The van der Waals surface area contributed by atoms with Gasteiger partial charge in [0, 0.05) is 11.6 Å². The molecule has 0 aliphatic carbocycles. The van der Waals surface area contributed by atoms with E-state index in [1.54, 1.807) is 0 Å². The van der Waals surface area contributed by atoms with E-state index in [-0.39, 0.29) is 29.5 Å². The SMILES string of the molecule is CC(C)C(N)c1cc(C(=O)O)ccc1F.Cl. The fraction of sp³-hybridized carbons (Fsp3) is 0.364. The van der Waals surface area contributed by atoms with Gasteiger partial charge in [-0.2, -0.15) is 0 Å². The van der Waals surface area contributed by atoms with E-state index in [0.29, 0.717) is 0 Å². The average molecular weight is 248 g/mol.